The molecule has 18 heavy (non-hydrogen) atoms. The molecule has 1 atom stereocenters. The van der Waals surface area contributed by atoms with E-state index in [4.69, 9.17) is 4.74 Å². The highest BCUT2D eigenvalue weighted by atomic mass is 16.5. The summed E-state index contributed by atoms with van der Waals surface area (Å²) in [6.45, 7) is 6.62. The molecular formula is C15H26N2O. The summed E-state index contributed by atoms with van der Waals surface area (Å²) >= 11 is 0. The molecule has 0 heterocycles. The lowest BCUT2D eigenvalue weighted by molar-refractivity contribution is 0.264. The van der Waals surface area contributed by atoms with Crippen LogP contribution in [0.4, 0.5) is 0 Å². The second kappa shape index (κ2) is 5.72. The molecule has 0 aliphatic rings. The lowest BCUT2D eigenvalue weighted by atomic mass is 9.85. The standard InChI is InChI=1S/C15H26N2O/c1-15(2,3)12-10-11(8-9-13(12)18-7)14(16-4)17(5)6/h8-10,14,16H,1-7H3. The SMILES string of the molecule is CNC(c1ccc(OC)c(C(C)(C)C)c1)N(C)C. The molecule has 0 aliphatic carbocycles. The Balaban J connectivity index is 3.26. The third-order valence-electron chi connectivity index (χ3n) is 3.14. The largest absolute Gasteiger partial charge is 0.496 e. The predicted octanol–water partition coefficient (Wildman–Crippen LogP) is 2.77. The van der Waals surface area contributed by atoms with Crippen molar-refractivity contribution >= 4 is 0 Å². The van der Waals surface area contributed by atoms with E-state index in [0.29, 0.717) is 0 Å². The molecule has 1 unspecified atom stereocenters. The summed E-state index contributed by atoms with van der Waals surface area (Å²) < 4.78 is 5.47. The lowest BCUT2D eigenvalue weighted by Crippen LogP contribution is -2.31. The highest BCUT2D eigenvalue weighted by molar-refractivity contribution is 5.42. The van der Waals surface area contributed by atoms with Gasteiger partial charge in [0, 0.05) is 0 Å². The number of ether oxygens (including phenoxy) is 1. The number of nitrogens with zero attached hydrogens (tertiary/aromatic N) is 1. The molecular weight excluding hydrogens is 224 g/mol. The second-order valence-corrected chi connectivity index (χ2v) is 5.86. The number of benzene rings is 1. The van der Waals surface area contributed by atoms with Crippen molar-refractivity contribution in [3.63, 3.8) is 0 Å². The Labute approximate surface area is 111 Å². The van der Waals surface area contributed by atoms with Gasteiger partial charge in [-0.25, -0.2) is 0 Å². The highest BCUT2D eigenvalue weighted by Crippen LogP contribution is 2.33. The second-order valence-electron chi connectivity index (χ2n) is 5.86. The highest BCUT2D eigenvalue weighted by Gasteiger charge is 2.21. The van der Waals surface area contributed by atoms with Crippen LogP contribution in [0.1, 0.15) is 38.1 Å². The van der Waals surface area contributed by atoms with Crippen molar-refractivity contribution in [2.24, 2.45) is 0 Å². The number of rotatable bonds is 4. The average molecular weight is 250 g/mol. The van der Waals surface area contributed by atoms with Crippen LogP contribution in [0.25, 0.3) is 0 Å². The topological polar surface area (TPSA) is 24.5 Å². The van der Waals surface area contributed by atoms with E-state index in [2.05, 4.69) is 63.3 Å². The average Bonchev–Trinajstić information content (AvgIpc) is 2.28. The molecule has 0 bridgehead atoms. The van der Waals surface area contributed by atoms with Gasteiger partial charge in [-0.1, -0.05) is 26.8 Å². The summed E-state index contributed by atoms with van der Waals surface area (Å²) in [5.74, 6) is 0.958. The zero-order valence-corrected chi connectivity index (χ0v) is 12.7. The Morgan fingerprint density at radius 3 is 2.22 bits per heavy atom. The normalized spacial score (nSPS) is 13.8. The first-order valence-corrected chi connectivity index (χ1v) is 6.33. The van der Waals surface area contributed by atoms with Gasteiger partial charge in [0.2, 0.25) is 0 Å². The number of hydrogen-bond donors (Lipinski definition) is 1. The molecule has 1 rings (SSSR count). The first-order chi connectivity index (χ1) is 8.31. The van der Waals surface area contributed by atoms with Crippen molar-refractivity contribution in [1.82, 2.24) is 10.2 Å². The molecule has 0 fully saturated rings. The molecule has 0 saturated heterocycles. The van der Waals surface area contributed by atoms with Gasteiger partial charge in [-0.3, -0.25) is 4.90 Å². The monoisotopic (exact) mass is 250 g/mol. The summed E-state index contributed by atoms with van der Waals surface area (Å²) in [5, 5.41) is 3.32. The molecule has 0 radical (unpaired) electrons. The van der Waals surface area contributed by atoms with Crippen LogP contribution in [0.5, 0.6) is 5.75 Å². The summed E-state index contributed by atoms with van der Waals surface area (Å²) in [4.78, 5) is 2.16. The zero-order chi connectivity index (χ0) is 13.9. The molecule has 0 aliphatic heterocycles. The number of hydrogen-bond acceptors (Lipinski definition) is 3. The van der Waals surface area contributed by atoms with Crippen LogP contribution in [-0.4, -0.2) is 33.2 Å². The molecule has 0 saturated carbocycles. The maximum atomic E-state index is 5.47. The van der Waals surface area contributed by atoms with E-state index >= 15 is 0 Å². The molecule has 3 heteroatoms. The van der Waals surface area contributed by atoms with Gasteiger partial charge in [0.1, 0.15) is 5.75 Å². The van der Waals surface area contributed by atoms with E-state index in [9.17, 15) is 0 Å². The first kappa shape index (κ1) is 15.0. The minimum atomic E-state index is 0.0754. The first-order valence-electron chi connectivity index (χ1n) is 6.33. The van der Waals surface area contributed by atoms with Gasteiger partial charge in [-0.15, -0.1) is 0 Å². The van der Waals surface area contributed by atoms with Gasteiger partial charge in [0.15, 0.2) is 0 Å². The Hall–Kier alpha value is -1.06. The van der Waals surface area contributed by atoms with Crippen molar-refractivity contribution in [2.45, 2.75) is 32.4 Å². The number of methoxy groups -OCH3 is 1. The Bertz CT molecular complexity index is 394. The van der Waals surface area contributed by atoms with Crippen molar-refractivity contribution in [3.05, 3.63) is 29.3 Å². The minimum absolute atomic E-state index is 0.0754. The summed E-state index contributed by atoms with van der Waals surface area (Å²) in [5.41, 5.74) is 2.57. The molecule has 102 valence electrons. The van der Waals surface area contributed by atoms with Crippen LogP contribution in [0.2, 0.25) is 0 Å². The fourth-order valence-electron chi connectivity index (χ4n) is 2.20. The van der Waals surface area contributed by atoms with Crippen molar-refractivity contribution in [2.75, 3.05) is 28.3 Å². The quantitative estimate of drug-likeness (QED) is 0.832. The number of nitrogens with one attached hydrogen (secondary N) is 1. The van der Waals surface area contributed by atoms with Crippen LogP contribution in [0.15, 0.2) is 18.2 Å². The van der Waals surface area contributed by atoms with Crippen LogP contribution in [-0.2, 0) is 5.41 Å². The van der Waals surface area contributed by atoms with Crippen LogP contribution >= 0.6 is 0 Å². The minimum Gasteiger partial charge on any atom is -0.496 e. The van der Waals surface area contributed by atoms with E-state index < -0.39 is 0 Å². The van der Waals surface area contributed by atoms with E-state index in [1.807, 2.05) is 7.05 Å². The Kier molecular flexibility index (Phi) is 4.77. The van der Waals surface area contributed by atoms with Gasteiger partial charge in [-0.2, -0.15) is 0 Å². The third-order valence-corrected chi connectivity index (χ3v) is 3.14. The third kappa shape index (κ3) is 3.24. The molecule has 1 aromatic carbocycles. The van der Waals surface area contributed by atoms with E-state index in [1.54, 1.807) is 7.11 Å². The predicted molar refractivity (Wildman–Crippen MR) is 77.2 cm³/mol. The summed E-state index contributed by atoms with van der Waals surface area (Å²) in [7, 11) is 7.85. The van der Waals surface area contributed by atoms with Crippen LogP contribution in [0, 0.1) is 0 Å². The Morgan fingerprint density at radius 1 is 1.22 bits per heavy atom. The van der Waals surface area contributed by atoms with Gasteiger partial charge >= 0.3 is 0 Å². The summed E-state index contributed by atoms with van der Waals surface area (Å²) in [6, 6.07) is 6.42. The lowest BCUT2D eigenvalue weighted by Gasteiger charge is -2.28. The van der Waals surface area contributed by atoms with Crippen molar-refractivity contribution < 1.29 is 4.74 Å². The van der Waals surface area contributed by atoms with Gasteiger partial charge in [-0.05, 0) is 49.8 Å². The molecule has 0 aromatic heterocycles. The maximum Gasteiger partial charge on any atom is 0.122 e. The fourth-order valence-corrected chi connectivity index (χ4v) is 2.20. The van der Waals surface area contributed by atoms with E-state index in [-0.39, 0.29) is 11.6 Å². The molecule has 1 N–H and O–H groups in total. The molecule has 1 aromatic rings. The Morgan fingerprint density at radius 2 is 1.83 bits per heavy atom. The van der Waals surface area contributed by atoms with Crippen molar-refractivity contribution in [1.29, 1.82) is 0 Å². The van der Waals surface area contributed by atoms with Crippen molar-refractivity contribution in [3.8, 4) is 5.75 Å². The smallest absolute Gasteiger partial charge is 0.122 e. The fraction of sp³-hybridized carbons (Fsp3) is 0.600. The van der Waals surface area contributed by atoms with Gasteiger partial charge in [0.05, 0.1) is 13.3 Å². The van der Waals surface area contributed by atoms with E-state index in [1.165, 1.54) is 11.1 Å². The molecule has 3 nitrogen and oxygen atoms in total. The van der Waals surface area contributed by atoms with Crippen LogP contribution in [0.3, 0.4) is 0 Å². The zero-order valence-electron chi connectivity index (χ0n) is 12.7. The van der Waals surface area contributed by atoms with Gasteiger partial charge < -0.3 is 10.1 Å². The van der Waals surface area contributed by atoms with Gasteiger partial charge in [0.25, 0.3) is 0 Å². The summed E-state index contributed by atoms with van der Waals surface area (Å²) in [6.07, 6.45) is 0.219. The van der Waals surface area contributed by atoms with Crippen LogP contribution < -0.4 is 10.1 Å². The molecule has 0 spiro atoms. The maximum absolute atomic E-state index is 5.47. The van der Waals surface area contributed by atoms with E-state index in [0.717, 1.165) is 5.75 Å². The molecule has 0 amide bonds.